The van der Waals surface area contributed by atoms with Gasteiger partial charge in [-0.3, -0.25) is 4.98 Å². The number of carbonyl (C=O) groups is 1. The van der Waals surface area contributed by atoms with Crippen LogP contribution in [0.25, 0.3) is 27.9 Å². The minimum absolute atomic E-state index is 0.237. The monoisotopic (exact) mass is 473 g/mol. The smallest absolute Gasteiger partial charge is 0.410 e. The fraction of sp³-hybridized carbons (Fsp3) is 0.407. The van der Waals surface area contributed by atoms with Crippen molar-refractivity contribution in [1.29, 1.82) is 0 Å². The van der Waals surface area contributed by atoms with E-state index in [0.29, 0.717) is 19.0 Å². The van der Waals surface area contributed by atoms with Crippen LogP contribution in [0.2, 0.25) is 0 Å². The number of hydrogen-bond donors (Lipinski definition) is 0. The van der Waals surface area contributed by atoms with E-state index in [-0.39, 0.29) is 6.09 Å². The first-order chi connectivity index (χ1) is 16.7. The quantitative estimate of drug-likeness (QED) is 0.398. The molecule has 8 nitrogen and oxygen atoms in total. The van der Waals surface area contributed by atoms with Crippen LogP contribution in [-0.4, -0.2) is 56.1 Å². The zero-order valence-corrected chi connectivity index (χ0v) is 20.9. The van der Waals surface area contributed by atoms with Gasteiger partial charge in [0, 0.05) is 43.2 Å². The van der Waals surface area contributed by atoms with Crippen LogP contribution in [-0.2, 0) is 4.74 Å². The number of rotatable bonds is 3. The molecule has 1 aliphatic heterocycles. The van der Waals surface area contributed by atoms with E-state index in [9.17, 15) is 4.79 Å². The van der Waals surface area contributed by atoms with Crippen LogP contribution in [0.5, 0.6) is 5.75 Å². The maximum atomic E-state index is 12.4. The summed E-state index contributed by atoms with van der Waals surface area (Å²) in [6, 6.07) is 10.0. The first-order valence-corrected chi connectivity index (χ1v) is 12.0. The number of aromatic nitrogens is 4. The number of imidazole rings is 1. The minimum atomic E-state index is -0.479. The molecule has 4 aromatic rings. The van der Waals surface area contributed by atoms with Crippen molar-refractivity contribution in [3.63, 3.8) is 0 Å². The number of carbonyl (C=O) groups excluding carboxylic acids is 1. The third-order valence-electron chi connectivity index (χ3n) is 6.30. The molecule has 4 aromatic heterocycles. The maximum absolute atomic E-state index is 12.4. The predicted octanol–water partition coefficient (Wildman–Crippen LogP) is 5.38. The van der Waals surface area contributed by atoms with E-state index in [4.69, 9.17) is 19.4 Å². The van der Waals surface area contributed by atoms with E-state index < -0.39 is 5.60 Å². The lowest BCUT2D eigenvalue weighted by atomic mass is 9.93. The first-order valence-electron chi connectivity index (χ1n) is 12.0. The van der Waals surface area contributed by atoms with Crippen LogP contribution in [0, 0.1) is 6.92 Å². The van der Waals surface area contributed by atoms with Crippen LogP contribution < -0.4 is 4.74 Å². The fourth-order valence-corrected chi connectivity index (χ4v) is 4.59. The normalized spacial score (nSPS) is 15.1. The summed E-state index contributed by atoms with van der Waals surface area (Å²) in [6.07, 6.45) is 5.48. The third kappa shape index (κ3) is 4.78. The second-order valence-corrected chi connectivity index (χ2v) is 10.1. The summed E-state index contributed by atoms with van der Waals surface area (Å²) in [4.78, 5) is 28.5. The van der Waals surface area contributed by atoms with Crippen molar-refractivity contribution in [2.75, 3.05) is 20.2 Å². The summed E-state index contributed by atoms with van der Waals surface area (Å²) in [5, 5.41) is 0. The van der Waals surface area contributed by atoms with Gasteiger partial charge < -0.3 is 18.8 Å². The van der Waals surface area contributed by atoms with Crippen LogP contribution >= 0.6 is 0 Å². The number of nitrogens with zero attached hydrogens (tertiary/aromatic N) is 5. The average molecular weight is 474 g/mol. The highest BCUT2D eigenvalue weighted by atomic mass is 16.6. The van der Waals surface area contributed by atoms with E-state index >= 15 is 0 Å². The van der Waals surface area contributed by atoms with Crippen LogP contribution in [0.3, 0.4) is 0 Å². The number of fused-ring (bicyclic) bond motifs is 2. The summed E-state index contributed by atoms with van der Waals surface area (Å²) in [6.45, 7) is 8.99. The lowest BCUT2D eigenvalue weighted by Crippen LogP contribution is -2.41. The number of pyridine rings is 3. The molecule has 1 aliphatic rings. The summed E-state index contributed by atoms with van der Waals surface area (Å²) in [5.41, 5.74) is 5.77. The first kappa shape index (κ1) is 23.1. The average Bonchev–Trinajstić information content (AvgIpc) is 3.20. The summed E-state index contributed by atoms with van der Waals surface area (Å²) in [7, 11) is 1.66. The number of methoxy groups -OCH3 is 1. The van der Waals surface area contributed by atoms with Crippen molar-refractivity contribution in [2.45, 2.75) is 52.1 Å². The Kier molecular flexibility index (Phi) is 5.83. The molecule has 35 heavy (non-hydrogen) atoms. The molecule has 1 fully saturated rings. The molecule has 0 bridgehead atoms. The standard InChI is InChI=1S/C27H31N5O3/c1-17-15-32-16-19(24(34-5)14-25(32)28-17)21-7-9-22-23(30-21)8-6-20(29-22)18-10-12-31(13-11-18)26(33)35-27(2,3)4/h6-9,14-16,18H,10-13H2,1-5H3. The van der Waals surface area contributed by atoms with Gasteiger partial charge in [-0.2, -0.15) is 0 Å². The Morgan fingerprint density at radius 2 is 1.71 bits per heavy atom. The largest absolute Gasteiger partial charge is 0.496 e. The molecule has 0 N–H and O–H groups in total. The van der Waals surface area contributed by atoms with Crippen LogP contribution in [0.4, 0.5) is 4.79 Å². The molecule has 0 atom stereocenters. The Labute approximate surface area is 204 Å². The number of hydrogen-bond acceptors (Lipinski definition) is 6. The lowest BCUT2D eigenvalue weighted by Gasteiger charge is -2.33. The zero-order valence-electron chi connectivity index (χ0n) is 20.9. The molecule has 1 saturated heterocycles. The molecule has 1 amide bonds. The summed E-state index contributed by atoms with van der Waals surface area (Å²) < 4.78 is 13.1. The molecule has 0 unspecified atom stereocenters. The second kappa shape index (κ2) is 8.83. The van der Waals surface area contributed by atoms with E-state index in [1.807, 2.05) is 68.8 Å². The third-order valence-corrected chi connectivity index (χ3v) is 6.30. The van der Waals surface area contributed by atoms with Gasteiger partial charge >= 0.3 is 6.09 Å². The Hall–Kier alpha value is -3.68. The van der Waals surface area contributed by atoms with Crippen LogP contribution in [0.1, 0.15) is 50.9 Å². The van der Waals surface area contributed by atoms with E-state index in [1.165, 1.54) is 0 Å². The zero-order chi connectivity index (χ0) is 24.7. The molecule has 5 heterocycles. The van der Waals surface area contributed by atoms with Crippen molar-refractivity contribution < 1.29 is 14.3 Å². The molecule has 0 spiro atoms. The van der Waals surface area contributed by atoms with Crippen molar-refractivity contribution in [3.05, 3.63) is 54.1 Å². The van der Waals surface area contributed by atoms with Gasteiger partial charge in [0.15, 0.2) is 0 Å². The Bertz CT molecular complexity index is 1400. The van der Waals surface area contributed by atoms with Gasteiger partial charge in [0.1, 0.15) is 17.0 Å². The van der Waals surface area contributed by atoms with Gasteiger partial charge in [0.2, 0.25) is 0 Å². The second-order valence-electron chi connectivity index (χ2n) is 10.1. The number of aryl methyl sites for hydroxylation is 1. The molecular formula is C27H31N5O3. The minimum Gasteiger partial charge on any atom is -0.496 e. The molecule has 0 radical (unpaired) electrons. The van der Waals surface area contributed by atoms with E-state index in [0.717, 1.165) is 57.9 Å². The van der Waals surface area contributed by atoms with Gasteiger partial charge in [0.05, 0.1) is 35.1 Å². The summed E-state index contributed by atoms with van der Waals surface area (Å²) in [5.74, 6) is 1.04. The van der Waals surface area contributed by atoms with Crippen LogP contribution in [0.15, 0.2) is 42.7 Å². The number of likely N-dealkylation sites (tertiary alicyclic amines) is 1. The van der Waals surface area contributed by atoms with Gasteiger partial charge in [0.25, 0.3) is 0 Å². The number of amides is 1. The van der Waals surface area contributed by atoms with Gasteiger partial charge in [-0.15, -0.1) is 0 Å². The van der Waals surface area contributed by atoms with Crippen molar-refractivity contribution in [3.8, 4) is 17.0 Å². The van der Waals surface area contributed by atoms with Crippen molar-refractivity contribution in [2.24, 2.45) is 0 Å². The molecule has 182 valence electrons. The Balaban J connectivity index is 1.36. The van der Waals surface area contributed by atoms with Gasteiger partial charge in [-0.1, -0.05) is 0 Å². The highest BCUT2D eigenvalue weighted by Crippen LogP contribution is 2.32. The molecule has 0 saturated carbocycles. The van der Waals surface area contributed by atoms with E-state index in [2.05, 4.69) is 11.1 Å². The SMILES string of the molecule is COc1cc2nc(C)cn2cc1-c1ccc2nc(C3CCN(C(=O)OC(C)(C)C)CC3)ccc2n1. The van der Waals surface area contributed by atoms with E-state index in [1.54, 1.807) is 12.0 Å². The van der Waals surface area contributed by atoms with Gasteiger partial charge in [-0.05, 0) is 64.8 Å². The fourth-order valence-electron chi connectivity index (χ4n) is 4.59. The molecule has 5 rings (SSSR count). The van der Waals surface area contributed by atoms with Gasteiger partial charge in [-0.25, -0.2) is 14.8 Å². The predicted molar refractivity (Wildman–Crippen MR) is 135 cm³/mol. The Morgan fingerprint density at radius 1 is 1.00 bits per heavy atom. The number of piperidine rings is 1. The van der Waals surface area contributed by atoms with Crippen molar-refractivity contribution >= 4 is 22.8 Å². The lowest BCUT2D eigenvalue weighted by molar-refractivity contribution is 0.0204. The topological polar surface area (TPSA) is 81.9 Å². The highest BCUT2D eigenvalue weighted by Gasteiger charge is 2.28. The van der Waals surface area contributed by atoms with Crippen molar-refractivity contribution in [1.82, 2.24) is 24.3 Å². The molecule has 0 aromatic carbocycles. The molecule has 8 heteroatoms. The summed E-state index contributed by atoms with van der Waals surface area (Å²) >= 11 is 0. The maximum Gasteiger partial charge on any atom is 0.410 e. The molecular weight excluding hydrogens is 442 g/mol. The Morgan fingerprint density at radius 3 is 2.43 bits per heavy atom. The highest BCUT2D eigenvalue weighted by molar-refractivity contribution is 5.80. The molecule has 0 aliphatic carbocycles. The number of ether oxygens (including phenoxy) is 2.